The van der Waals surface area contributed by atoms with E-state index < -0.39 is 0 Å². The van der Waals surface area contributed by atoms with Gasteiger partial charge in [-0.1, -0.05) is 18.9 Å². The van der Waals surface area contributed by atoms with Crippen molar-refractivity contribution in [3.8, 4) is 0 Å². The second kappa shape index (κ2) is 4.90. The van der Waals surface area contributed by atoms with Crippen LogP contribution in [0.5, 0.6) is 0 Å². The predicted molar refractivity (Wildman–Crippen MR) is 63.2 cm³/mol. The fourth-order valence-corrected chi connectivity index (χ4v) is 2.94. The molecule has 1 aliphatic carbocycles. The Morgan fingerprint density at radius 2 is 2.27 bits per heavy atom. The highest BCUT2D eigenvalue weighted by atomic mass is 32.1. The SMILES string of the molecule is NC1CCCCC1CC(=O)c1cccs1. The van der Waals surface area contributed by atoms with Crippen LogP contribution in [0.4, 0.5) is 0 Å². The summed E-state index contributed by atoms with van der Waals surface area (Å²) in [6.07, 6.45) is 5.31. The monoisotopic (exact) mass is 223 g/mol. The van der Waals surface area contributed by atoms with E-state index in [4.69, 9.17) is 5.73 Å². The van der Waals surface area contributed by atoms with Crippen LogP contribution in [-0.2, 0) is 0 Å². The molecule has 0 aliphatic heterocycles. The van der Waals surface area contributed by atoms with Crippen molar-refractivity contribution in [2.75, 3.05) is 0 Å². The van der Waals surface area contributed by atoms with E-state index >= 15 is 0 Å². The fraction of sp³-hybridized carbons (Fsp3) is 0.583. The molecule has 1 aromatic heterocycles. The van der Waals surface area contributed by atoms with Crippen molar-refractivity contribution < 1.29 is 4.79 Å². The van der Waals surface area contributed by atoms with Crippen molar-refractivity contribution in [2.24, 2.45) is 11.7 Å². The number of ketones is 1. The van der Waals surface area contributed by atoms with Crippen LogP contribution in [0.25, 0.3) is 0 Å². The van der Waals surface area contributed by atoms with Gasteiger partial charge in [-0.25, -0.2) is 0 Å². The van der Waals surface area contributed by atoms with Gasteiger partial charge in [0, 0.05) is 12.5 Å². The lowest BCUT2D eigenvalue weighted by atomic mass is 9.82. The third-order valence-corrected chi connectivity index (χ3v) is 4.12. The molecule has 82 valence electrons. The zero-order valence-electron chi connectivity index (χ0n) is 8.82. The van der Waals surface area contributed by atoms with Gasteiger partial charge in [0.25, 0.3) is 0 Å². The quantitative estimate of drug-likeness (QED) is 0.801. The standard InChI is InChI=1S/C12H17NOS/c13-10-5-2-1-4-9(10)8-11(14)12-6-3-7-15-12/h3,6-7,9-10H,1-2,4-5,8,13H2. The molecule has 1 fully saturated rings. The zero-order chi connectivity index (χ0) is 10.7. The largest absolute Gasteiger partial charge is 0.327 e. The van der Waals surface area contributed by atoms with Crippen molar-refractivity contribution in [1.29, 1.82) is 0 Å². The van der Waals surface area contributed by atoms with Gasteiger partial charge in [0.1, 0.15) is 0 Å². The van der Waals surface area contributed by atoms with E-state index in [1.54, 1.807) is 0 Å². The van der Waals surface area contributed by atoms with Gasteiger partial charge in [-0.15, -0.1) is 11.3 Å². The van der Waals surface area contributed by atoms with Gasteiger partial charge in [0.2, 0.25) is 0 Å². The Kier molecular flexibility index (Phi) is 3.54. The van der Waals surface area contributed by atoms with Crippen LogP contribution in [0.2, 0.25) is 0 Å². The molecule has 0 amide bonds. The molecule has 0 aromatic carbocycles. The number of thiophene rings is 1. The molecule has 1 saturated carbocycles. The third kappa shape index (κ3) is 2.67. The van der Waals surface area contributed by atoms with E-state index in [9.17, 15) is 4.79 Å². The third-order valence-electron chi connectivity index (χ3n) is 3.21. The maximum absolute atomic E-state index is 11.9. The summed E-state index contributed by atoms with van der Waals surface area (Å²) in [5, 5.41) is 1.95. The molecule has 0 saturated heterocycles. The molecule has 1 aromatic rings. The molecular formula is C12H17NOS. The minimum Gasteiger partial charge on any atom is -0.327 e. The molecule has 2 atom stereocenters. The Bertz CT molecular complexity index is 320. The molecule has 0 spiro atoms. The average Bonchev–Trinajstić information content (AvgIpc) is 2.74. The lowest BCUT2D eigenvalue weighted by Crippen LogP contribution is -2.34. The second-order valence-corrected chi connectivity index (χ2v) is 5.26. The number of Topliss-reactive ketones (excluding diaryl/α,β-unsaturated/α-hetero) is 1. The fourth-order valence-electron chi connectivity index (χ4n) is 2.27. The lowest BCUT2D eigenvalue weighted by molar-refractivity contribution is 0.0946. The van der Waals surface area contributed by atoms with E-state index in [0.717, 1.165) is 17.7 Å². The first-order chi connectivity index (χ1) is 7.27. The highest BCUT2D eigenvalue weighted by molar-refractivity contribution is 7.12. The van der Waals surface area contributed by atoms with E-state index in [1.807, 2.05) is 17.5 Å². The number of hydrogen-bond acceptors (Lipinski definition) is 3. The van der Waals surface area contributed by atoms with E-state index in [2.05, 4.69) is 0 Å². The summed E-state index contributed by atoms with van der Waals surface area (Å²) in [7, 11) is 0. The van der Waals surface area contributed by atoms with Crippen molar-refractivity contribution in [1.82, 2.24) is 0 Å². The Balaban J connectivity index is 1.93. The summed E-state index contributed by atoms with van der Waals surface area (Å²) in [6.45, 7) is 0. The van der Waals surface area contributed by atoms with Crippen LogP contribution < -0.4 is 5.73 Å². The molecule has 15 heavy (non-hydrogen) atoms. The summed E-state index contributed by atoms with van der Waals surface area (Å²) in [6, 6.07) is 4.07. The van der Waals surface area contributed by atoms with Crippen molar-refractivity contribution in [3.05, 3.63) is 22.4 Å². The molecule has 1 aliphatic rings. The van der Waals surface area contributed by atoms with Crippen molar-refractivity contribution in [3.63, 3.8) is 0 Å². The number of nitrogens with two attached hydrogens (primary N) is 1. The van der Waals surface area contributed by atoms with Gasteiger partial charge in [0.05, 0.1) is 4.88 Å². The molecule has 2 unspecified atom stereocenters. The summed E-state index contributed by atoms with van der Waals surface area (Å²) < 4.78 is 0. The van der Waals surface area contributed by atoms with Crippen LogP contribution >= 0.6 is 11.3 Å². The summed E-state index contributed by atoms with van der Waals surface area (Å²) in [5.74, 6) is 0.681. The number of rotatable bonds is 3. The Morgan fingerprint density at radius 3 is 2.93 bits per heavy atom. The van der Waals surface area contributed by atoms with Crippen LogP contribution in [0.15, 0.2) is 17.5 Å². The zero-order valence-corrected chi connectivity index (χ0v) is 9.63. The van der Waals surface area contributed by atoms with Gasteiger partial charge in [-0.05, 0) is 30.2 Å². The van der Waals surface area contributed by atoms with Gasteiger partial charge >= 0.3 is 0 Å². The van der Waals surface area contributed by atoms with Crippen molar-refractivity contribution >= 4 is 17.1 Å². The molecule has 0 bridgehead atoms. The molecule has 2 N–H and O–H groups in total. The van der Waals surface area contributed by atoms with Crippen LogP contribution in [0, 0.1) is 5.92 Å². The normalized spacial score (nSPS) is 26.5. The van der Waals surface area contributed by atoms with Gasteiger partial charge in [-0.3, -0.25) is 4.79 Å². The van der Waals surface area contributed by atoms with E-state index in [0.29, 0.717) is 12.3 Å². The molecule has 2 nitrogen and oxygen atoms in total. The summed E-state index contributed by atoms with van der Waals surface area (Å²) in [4.78, 5) is 12.8. The van der Waals surface area contributed by atoms with Crippen molar-refractivity contribution in [2.45, 2.75) is 38.1 Å². The highest BCUT2D eigenvalue weighted by Crippen LogP contribution is 2.27. The maximum atomic E-state index is 11.9. The van der Waals surface area contributed by atoms with E-state index in [-0.39, 0.29) is 11.8 Å². The predicted octanol–water partition coefficient (Wildman–Crippen LogP) is 2.84. The van der Waals surface area contributed by atoms with Crippen LogP contribution in [-0.4, -0.2) is 11.8 Å². The van der Waals surface area contributed by atoms with E-state index in [1.165, 1.54) is 24.2 Å². The number of carbonyl (C=O) groups is 1. The minimum atomic E-state index is 0.239. The van der Waals surface area contributed by atoms with Gasteiger partial charge in [-0.2, -0.15) is 0 Å². The molecule has 0 radical (unpaired) electrons. The smallest absolute Gasteiger partial charge is 0.173 e. The first kappa shape index (κ1) is 10.8. The molecule has 2 rings (SSSR count). The Morgan fingerprint density at radius 1 is 1.47 bits per heavy atom. The number of carbonyl (C=O) groups excluding carboxylic acids is 1. The average molecular weight is 223 g/mol. The van der Waals surface area contributed by atoms with Crippen LogP contribution in [0.1, 0.15) is 41.8 Å². The Hall–Kier alpha value is -0.670. The van der Waals surface area contributed by atoms with Crippen LogP contribution in [0.3, 0.4) is 0 Å². The topological polar surface area (TPSA) is 43.1 Å². The minimum absolute atomic E-state index is 0.239. The molecule has 3 heteroatoms. The first-order valence-electron chi connectivity index (χ1n) is 5.59. The second-order valence-electron chi connectivity index (χ2n) is 4.31. The lowest BCUT2D eigenvalue weighted by Gasteiger charge is -2.27. The van der Waals surface area contributed by atoms with Gasteiger partial charge in [0.15, 0.2) is 5.78 Å². The molecule has 1 heterocycles. The number of hydrogen-bond donors (Lipinski definition) is 1. The summed E-state index contributed by atoms with van der Waals surface area (Å²) in [5.41, 5.74) is 6.03. The maximum Gasteiger partial charge on any atom is 0.173 e. The Labute approximate surface area is 94.5 Å². The first-order valence-corrected chi connectivity index (χ1v) is 6.47. The van der Waals surface area contributed by atoms with Gasteiger partial charge < -0.3 is 5.73 Å². The molecular weight excluding hydrogens is 206 g/mol. The summed E-state index contributed by atoms with van der Waals surface area (Å²) >= 11 is 1.53. The highest BCUT2D eigenvalue weighted by Gasteiger charge is 2.24.